The highest BCUT2D eigenvalue weighted by atomic mass is 35.5. The average Bonchev–Trinajstić information content (AvgIpc) is 2.24. The molecule has 11 heteroatoms. The van der Waals surface area contributed by atoms with Gasteiger partial charge in [0.05, 0.1) is 17.1 Å². The largest absolute Gasteiger partial charge is 0.573 e. The number of halogens is 9. The molecule has 0 aromatic carbocycles. The summed E-state index contributed by atoms with van der Waals surface area (Å²) in [6.07, 6.45) is -14.6. The van der Waals surface area contributed by atoms with Gasteiger partial charge < -0.3 is 4.74 Å². The Kier molecular flexibility index (Phi) is 4.67. The molecule has 0 atom stereocenters. The van der Waals surface area contributed by atoms with Crippen LogP contribution < -0.4 is 4.74 Å². The Hall–Kier alpha value is -1.32. The van der Waals surface area contributed by atoms with Crippen molar-refractivity contribution in [1.29, 1.82) is 0 Å². The number of hydrogen-bond acceptors (Lipinski definition) is 2. The second-order valence-corrected chi connectivity index (χ2v) is 3.61. The molecule has 0 fully saturated rings. The van der Waals surface area contributed by atoms with Crippen molar-refractivity contribution in [3.63, 3.8) is 0 Å². The van der Waals surface area contributed by atoms with Crippen molar-refractivity contribution in [2.45, 2.75) is 24.8 Å². The predicted molar refractivity (Wildman–Crippen MR) is 50.4 cm³/mol. The molecule has 114 valence electrons. The van der Waals surface area contributed by atoms with Crippen LogP contribution in [0.3, 0.4) is 0 Å². The Morgan fingerprint density at radius 3 is 2.05 bits per heavy atom. The van der Waals surface area contributed by atoms with Crippen LogP contribution in [0, 0.1) is 0 Å². The van der Waals surface area contributed by atoms with Crippen molar-refractivity contribution in [3.05, 3.63) is 23.0 Å². The van der Waals surface area contributed by atoms with E-state index in [2.05, 4.69) is 9.72 Å². The number of pyridine rings is 1. The lowest BCUT2D eigenvalue weighted by atomic mass is 10.1. The zero-order valence-corrected chi connectivity index (χ0v) is 9.87. The molecule has 0 saturated carbocycles. The van der Waals surface area contributed by atoms with E-state index in [1.54, 1.807) is 0 Å². The van der Waals surface area contributed by atoms with E-state index in [4.69, 9.17) is 11.6 Å². The summed E-state index contributed by atoms with van der Waals surface area (Å²) in [5, 5.41) is 0. The van der Waals surface area contributed by atoms with Gasteiger partial charge in [-0.25, -0.2) is 8.78 Å². The third-order valence-electron chi connectivity index (χ3n) is 2.00. The third-order valence-corrected chi connectivity index (χ3v) is 2.25. The fourth-order valence-electron chi connectivity index (χ4n) is 1.32. The summed E-state index contributed by atoms with van der Waals surface area (Å²) in [5.41, 5.74) is -4.90. The summed E-state index contributed by atoms with van der Waals surface area (Å²) < 4.78 is 103. The molecular formula is C9H4ClF8NO. The van der Waals surface area contributed by atoms with Gasteiger partial charge in [0.15, 0.2) is 5.75 Å². The average molecular weight is 330 g/mol. The number of ether oxygens (including phenoxy) is 1. The van der Waals surface area contributed by atoms with Crippen molar-refractivity contribution in [1.82, 2.24) is 4.98 Å². The van der Waals surface area contributed by atoms with E-state index in [1.165, 1.54) is 0 Å². The number of hydrogen-bond donors (Lipinski definition) is 0. The number of alkyl halides is 9. The van der Waals surface area contributed by atoms with Crippen LogP contribution in [-0.2, 0) is 12.1 Å². The monoisotopic (exact) mass is 329 g/mol. The summed E-state index contributed by atoms with van der Waals surface area (Å²) in [5.74, 6) is -2.74. The van der Waals surface area contributed by atoms with Gasteiger partial charge in [0.2, 0.25) is 0 Å². The zero-order valence-electron chi connectivity index (χ0n) is 9.12. The number of nitrogens with zero attached hydrogens (tertiary/aromatic N) is 1. The van der Waals surface area contributed by atoms with Gasteiger partial charge in [0, 0.05) is 6.20 Å². The zero-order chi connectivity index (χ0) is 15.7. The molecule has 0 saturated heterocycles. The maximum atomic E-state index is 12.7. The molecule has 0 aliphatic heterocycles. The van der Waals surface area contributed by atoms with Crippen LogP contribution in [0.25, 0.3) is 0 Å². The normalized spacial score (nSPS) is 12.9. The van der Waals surface area contributed by atoms with Gasteiger partial charge >= 0.3 is 12.5 Å². The Balaban J connectivity index is 3.61. The van der Waals surface area contributed by atoms with Crippen LogP contribution in [0.1, 0.15) is 23.2 Å². The lowest BCUT2D eigenvalue weighted by Gasteiger charge is -2.20. The van der Waals surface area contributed by atoms with Crippen LogP contribution in [0.2, 0.25) is 0 Å². The van der Waals surface area contributed by atoms with E-state index in [0.717, 1.165) is 0 Å². The summed E-state index contributed by atoms with van der Waals surface area (Å²) in [7, 11) is 0. The molecule has 0 amide bonds. The van der Waals surface area contributed by atoms with E-state index < -0.39 is 47.4 Å². The Labute approximate surface area is 111 Å². The molecule has 0 spiro atoms. The highest BCUT2D eigenvalue weighted by Crippen LogP contribution is 2.44. The van der Waals surface area contributed by atoms with Crippen molar-refractivity contribution < 1.29 is 39.9 Å². The second-order valence-electron chi connectivity index (χ2n) is 3.34. The lowest BCUT2D eigenvalue weighted by Crippen LogP contribution is -2.23. The quantitative estimate of drug-likeness (QED) is 0.593. The minimum absolute atomic E-state index is 0.119. The molecule has 0 radical (unpaired) electrons. The maximum absolute atomic E-state index is 12.7. The van der Waals surface area contributed by atoms with Gasteiger partial charge in [0.25, 0.3) is 6.43 Å². The van der Waals surface area contributed by atoms with E-state index in [9.17, 15) is 35.1 Å². The van der Waals surface area contributed by atoms with Gasteiger partial charge in [-0.3, -0.25) is 4.98 Å². The highest BCUT2D eigenvalue weighted by molar-refractivity contribution is 6.17. The molecule has 0 N–H and O–H groups in total. The molecule has 2 nitrogen and oxygen atoms in total. The first-order valence-corrected chi connectivity index (χ1v) is 5.19. The third kappa shape index (κ3) is 3.84. The van der Waals surface area contributed by atoms with Crippen LogP contribution in [-0.4, -0.2) is 11.3 Å². The smallest absolute Gasteiger partial charge is 0.403 e. The van der Waals surface area contributed by atoms with E-state index >= 15 is 0 Å². The molecule has 0 unspecified atom stereocenters. The second kappa shape index (κ2) is 5.58. The van der Waals surface area contributed by atoms with Crippen molar-refractivity contribution >= 4 is 11.6 Å². The number of rotatable bonds is 3. The van der Waals surface area contributed by atoms with Crippen LogP contribution in [0.4, 0.5) is 35.1 Å². The first kappa shape index (κ1) is 16.7. The molecule has 1 rings (SSSR count). The predicted octanol–water partition coefficient (Wildman–Crippen LogP) is 4.68. The Bertz CT molecular complexity index is 484. The summed E-state index contributed by atoms with van der Waals surface area (Å²) in [6.45, 7) is 0. The first-order chi connectivity index (χ1) is 8.97. The molecular weight excluding hydrogens is 326 g/mol. The fraction of sp³-hybridized carbons (Fsp3) is 0.444. The van der Waals surface area contributed by atoms with Crippen molar-refractivity contribution in [3.8, 4) is 5.75 Å². The molecule has 20 heavy (non-hydrogen) atoms. The highest BCUT2D eigenvalue weighted by Gasteiger charge is 2.44. The SMILES string of the molecule is FC(F)c1cnc(CCl)c(OC(F)(F)F)c1C(F)(F)F. The molecule has 0 aliphatic rings. The minimum atomic E-state index is -5.51. The van der Waals surface area contributed by atoms with Crippen LogP contribution >= 0.6 is 11.6 Å². The fourth-order valence-corrected chi connectivity index (χ4v) is 1.52. The molecule has 1 aromatic heterocycles. The van der Waals surface area contributed by atoms with Gasteiger partial charge in [-0.05, 0) is 0 Å². The Morgan fingerprint density at radius 1 is 1.15 bits per heavy atom. The first-order valence-electron chi connectivity index (χ1n) is 4.66. The minimum Gasteiger partial charge on any atom is -0.403 e. The summed E-state index contributed by atoms with van der Waals surface area (Å²) >= 11 is 5.15. The molecule has 0 aliphatic carbocycles. The summed E-state index contributed by atoms with van der Waals surface area (Å²) in [4.78, 5) is 3.04. The van der Waals surface area contributed by atoms with E-state index in [0.29, 0.717) is 0 Å². The maximum Gasteiger partial charge on any atom is 0.573 e. The van der Waals surface area contributed by atoms with Crippen LogP contribution in [0.5, 0.6) is 5.75 Å². The molecule has 1 aromatic rings. The van der Waals surface area contributed by atoms with Crippen LogP contribution in [0.15, 0.2) is 6.20 Å². The van der Waals surface area contributed by atoms with Gasteiger partial charge in [-0.15, -0.1) is 24.8 Å². The van der Waals surface area contributed by atoms with E-state index in [-0.39, 0.29) is 6.20 Å². The van der Waals surface area contributed by atoms with Gasteiger partial charge in [-0.1, -0.05) is 0 Å². The molecule has 1 heterocycles. The molecule has 0 bridgehead atoms. The van der Waals surface area contributed by atoms with Crippen molar-refractivity contribution in [2.75, 3.05) is 0 Å². The standard InChI is InChI=1S/C9H4ClF8NO/c10-1-4-6(20-9(16,17)18)5(8(13,14)15)3(2-19-4)7(11)12/h2,7H,1H2. The number of aromatic nitrogens is 1. The van der Waals surface area contributed by atoms with Gasteiger partial charge in [0.1, 0.15) is 5.56 Å². The Morgan fingerprint density at radius 2 is 1.70 bits per heavy atom. The topological polar surface area (TPSA) is 22.1 Å². The van der Waals surface area contributed by atoms with Crippen molar-refractivity contribution in [2.24, 2.45) is 0 Å². The lowest BCUT2D eigenvalue weighted by molar-refractivity contribution is -0.276. The van der Waals surface area contributed by atoms with Gasteiger partial charge in [-0.2, -0.15) is 13.2 Å². The summed E-state index contributed by atoms with van der Waals surface area (Å²) in [6, 6.07) is 0. The van der Waals surface area contributed by atoms with E-state index in [1.807, 2.05) is 0 Å².